The number of piperidine rings is 1. The Balaban J connectivity index is 2.06. The first-order valence-electron chi connectivity index (χ1n) is 6.32. The fourth-order valence-corrected chi connectivity index (χ4v) is 3.45. The Morgan fingerprint density at radius 1 is 1.56 bits per heavy atom. The van der Waals surface area contributed by atoms with E-state index in [0.717, 1.165) is 30.9 Å². The first-order chi connectivity index (χ1) is 8.49. The predicted octanol–water partition coefficient (Wildman–Crippen LogP) is 2.13. The number of rotatable bonds is 3. The molecule has 0 radical (unpaired) electrons. The van der Waals surface area contributed by atoms with E-state index in [-0.39, 0.29) is 11.9 Å². The summed E-state index contributed by atoms with van der Waals surface area (Å²) in [6.45, 7) is 5.25. The number of aliphatic hydroxyl groups excluding tert-OH is 1. The number of nitrogens with zero attached hydrogens (tertiary/aromatic N) is 1. The third-order valence-electron chi connectivity index (χ3n) is 3.60. The summed E-state index contributed by atoms with van der Waals surface area (Å²) in [5.74, 6) is 0.424. The highest BCUT2D eigenvalue weighted by atomic mass is 32.1. The maximum Gasteiger partial charge on any atom is 0.171 e. The fraction of sp³-hybridized carbons (Fsp3) is 0.615. The molecule has 1 saturated heterocycles. The highest BCUT2D eigenvalue weighted by Crippen LogP contribution is 2.35. The maximum atomic E-state index is 11.4. The Morgan fingerprint density at radius 3 is 2.61 bits per heavy atom. The number of hydrogen-bond acceptors (Lipinski definition) is 5. The van der Waals surface area contributed by atoms with Gasteiger partial charge < -0.3 is 15.7 Å². The SMILES string of the molecule is CC(=O)c1sc(N2CCC(C(C)O)CC2)cc1N. The summed E-state index contributed by atoms with van der Waals surface area (Å²) < 4.78 is 0. The second-order valence-electron chi connectivity index (χ2n) is 4.99. The number of nitrogen functional groups attached to an aromatic ring is 1. The summed E-state index contributed by atoms with van der Waals surface area (Å²) in [7, 11) is 0. The van der Waals surface area contributed by atoms with Crippen molar-refractivity contribution in [2.45, 2.75) is 32.8 Å². The third kappa shape index (κ3) is 2.67. The van der Waals surface area contributed by atoms with Gasteiger partial charge in [0.1, 0.15) is 0 Å². The van der Waals surface area contributed by atoms with Crippen LogP contribution in [0.3, 0.4) is 0 Å². The molecule has 100 valence electrons. The summed E-state index contributed by atoms with van der Waals surface area (Å²) >= 11 is 1.47. The van der Waals surface area contributed by atoms with Crippen LogP contribution in [0.25, 0.3) is 0 Å². The molecule has 2 heterocycles. The highest BCUT2D eigenvalue weighted by Gasteiger charge is 2.24. The lowest BCUT2D eigenvalue weighted by molar-refractivity contribution is 0.102. The van der Waals surface area contributed by atoms with Gasteiger partial charge in [-0.2, -0.15) is 0 Å². The molecule has 1 aliphatic rings. The lowest BCUT2D eigenvalue weighted by Crippen LogP contribution is -2.36. The van der Waals surface area contributed by atoms with Gasteiger partial charge >= 0.3 is 0 Å². The van der Waals surface area contributed by atoms with Gasteiger partial charge in [0.25, 0.3) is 0 Å². The summed E-state index contributed by atoms with van der Waals surface area (Å²) in [6.07, 6.45) is 1.75. The summed E-state index contributed by atoms with van der Waals surface area (Å²) in [6, 6.07) is 1.89. The number of anilines is 2. The maximum absolute atomic E-state index is 11.4. The zero-order valence-corrected chi connectivity index (χ0v) is 11.7. The Hall–Kier alpha value is -1.07. The van der Waals surface area contributed by atoms with E-state index in [1.54, 1.807) is 6.92 Å². The molecule has 1 aromatic heterocycles. The molecule has 1 aliphatic heterocycles. The topological polar surface area (TPSA) is 66.6 Å². The molecule has 1 fully saturated rings. The number of carbonyl (C=O) groups is 1. The second-order valence-corrected chi connectivity index (χ2v) is 6.02. The van der Waals surface area contributed by atoms with Crippen molar-refractivity contribution in [1.29, 1.82) is 0 Å². The monoisotopic (exact) mass is 268 g/mol. The van der Waals surface area contributed by atoms with Crippen molar-refractivity contribution in [2.24, 2.45) is 5.92 Å². The van der Waals surface area contributed by atoms with Crippen LogP contribution in [0.5, 0.6) is 0 Å². The van der Waals surface area contributed by atoms with Crippen molar-refractivity contribution in [3.05, 3.63) is 10.9 Å². The van der Waals surface area contributed by atoms with E-state index in [2.05, 4.69) is 4.90 Å². The minimum atomic E-state index is -0.228. The van der Waals surface area contributed by atoms with Crippen LogP contribution in [-0.2, 0) is 0 Å². The van der Waals surface area contributed by atoms with Gasteiger partial charge in [-0.05, 0) is 31.7 Å². The Morgan fingerprint density at radius 2 is 2.17 bits per heavy atom. The van der Waals surface area contributed by atoms with Crippen molar-refractivity contribution in [3.63, 3.8) is 0 Å². The van der Waals surface area contributed by atoms with Crippen molar-refractivity contribution >= 4 is 27.8 Å². The molecule has 1 unspecified atom stereocenters. The van der Waals surface area contributed by atoms with Gasteiger partial charge in [-0.1, -0.05) is 0 Å². The molecule has 2 rings (SSSR count). The molecule has 0 aromatic carbocycles. The minimum absolute atomic E-state index is 0.0302. The molecule has 0 aliphatic carbocycles. The van der Waals surface area contributed by atoms with Crippen LogP contribution in [0, 0.1) is 5.92 Å². The smallest absolute Gasteiger partial charge is 0.171 e. The molecule has 4 nitrogen and oxygen atoms in total. The quantitative estimate of drug-likeness (QED) is 0.824. The molecule has 1 aromatic rings. The molecule has 3 N–H and O–H groups in total. The molecule has 0 bridgehead atoms. The lowest BCUT2D eigenvalue weighted by Gasteiger charge is -2.33. The van der Waals surface area contributed by atoms with Crippen LogP contribution in [0.4, 0.5) is 10.7 Å². The lowest BCUT2D eigenvalue weighted by atomic mass is 9.92. The van der Waals surface area contributed by atoms with E-state index in [9.17, 15) is 9.90 Å². The van der Waals surface area contributed by atoms with E-state index in [0.29, 0.717) is 16.5 Å². The standard InChI is InChI=1S/C13H20N2O2S/c1-8(16)10-3-5-15(6-4-10)12-7-11(14)13(18-12)9(2)17/h7-8,10,16H,3-6,14H2,1-2H3. The van der Waals surface area contributed by atoms with Crippen molar-refractivity contribution in [2.75, 3.05) is 23.7 Å². The van der Waals surface area contributed by atoms with Crippen LogP contribution < -0.4 is 10.6 Å². The van der Waals surface area contributed by atoms with E-state index in [1.807, 2.05) is 13.0 Å². The molecular formula is C13H20N2O2S. The van der Waals surface area contributed by atoms with Crippen LogP contribution in [0.1, 0.15) is 36.4 Å². The van der Waals surface area contributed by atoms with Gasteiger partial charge in [0.05, 0.1) is 21.7 Å². The van der Waals surface area contributed by atoms with Gasteiger partial charge in [0, 0.05) is 20.0 Å². The van der Waals surface area contributed by atoms with Gasteiger partial charge in [0.15, 0.2) is 5.78 Å². The van der Waals surface area contributed by atoms with Gasteiger partial charge in [-0.3, -0.25) is 4.79 Å². The fourth-order valence-electron chi connectivity index (χ4n) is 2.42. The van der Waals surface area contributed by atoms with Crippen molar-refractivity contribution < 1.29 is 9.90 Å². The minimum Gasteiger partial charge on any atom is -0.397 e. The number of hydrogen-bond donors (Lipinski definition) is 2. The molecular weight excluding hydrogens is 248 g/mol. The average molecular weight is 268 g/mol. The average Bonchev–Trinajstić information content (AvgIpc) is 2.71. The molecule has 1 atom stereocenters. The van der Waals surface area contributed by atoms with E-state index >= 15 is 0 Å². The predicted molar refractivity (Wildman–Crippen MR) is 75.4 cm³/mol. The van der Waals surface area contributed by atoms with Crippen LogP contribution in [0.2, 0.25) is 0 Å². The first kappa shape index (κ1) is 13.4. The number of thiophene rings is 1. The Kier molecular flexibility index (Phi) is 3.92. The second kappa shape index (κ2) is 5.28. The zero-order chi connectivity index (χ0) is 13.3. The normalized spacial score (nSPS) is 18.9. The number of nitrogens with two attached hydrogens (primary N) is 1. The number of ketones is 1. The van der Waals surface area contributed by atoms with Gasteiger partial charge in [-0.25, -0.2) is 0 Å². The van der Waals surface area contributed by atoms with Crippen LogP contribution in [-0.4, -0.2) is 30.1 Å². The van der Waals surface area contributed by atoms with Gasteiger partial charge in [-0.15, -0.1) is 11.3 Å². The van der Waals surface area contributed by atoms with Crippen molar-refractivity contribution in [1.82, 2.24) is 0 Å². The van der Waals surface area contributed by atoms with E-state index in [4.69, 9.17) is 5.73 Å². The molecule has 5 heteroatoms. The summed E-state index contributed by atoms with van der Waals surface area (Å²) in [4.78, 5) is 14.3. The molecule has 0 amide bonds. The third-order valence-corrected chi connectivity index (χ3v) is 4.91. The molecule has 0 saturated carbocycles. The number of Topliss-reactive ketones (excluding diaryl/α,β-unsaturated/α-hetero) is 1. The Bertz CT molecular complexity index is 434. The largest absolute Gasteiger partial charge is 0.397 e. The van der Waals surface area contributed by atoms with Crippen LogP contribution in [0.15, 0.2) is 6.07 Å². The van der Waals surface area contributed by atoms with E-state index in [1.165, 1.54) is 11.3 Å². The van der Waals surface area contributed by atoms with Crippen LogP contribution >= 0.6 is 11.3 Å². The van der Waals surface area contributed by atoms with Gasteiger partial charge in [0.2, 0.25) is 0 Å². The molecule has 0 spiro atoms. The highest BCUT2D eigenvalue weighted by molar-refractivity contribution is 7.18. The first-order valence-corrected chi connectivity index (χ1v) is 7.14. The van der Waals surface area contributed by atoms with E-state index < -0.39 is 0 Å². The zero-order valence-electron chi connectivity index (χ0n) is 10.8. The Labute approximate surface area is 111 Å². The summed E-state index contributed by atoms with van der Waals surface area (Å²) in [5, 5.41) is 10.6. The van der Waals surface area contributed by atoms with Crippen molar-refractivity contribution in [3.8, 4) is 0 Å². The number of aliphatic hydroxyl groups is 1. The molecule has 18 heavy (non-hydrogen) atoms. The number of carbonyl (C=O) groups excluding carboxylic acids is 1. The summed E-state index contributed by atoms with van der Waals surface area (Å²) in [5.41, 5.74) is 6.43.